The van der Waals surface area contributed by atoms with Gasteiger partial charge in [-0.1, -0.05) is 12.1 Å². The number of hydrogen-bond donors (Lipinski definition) is 2. The van der Waals surface area contributed by atoms with Crippen LogP contribution in [-0.4, -0.2) is 62.4 Å². The summed E-state index contributed by atoms with van der Waals surface area (Å²) in [7, 11) is -3.53. The molecule has 4 rings (SSSR count). The largest absolute Gasteiger partial charge is 0.379 e. The highest BCUT2D eigenvalue weighted by Gasteiger charge is 2.28. The van der Waals surface area contributed by atoms with Crippen molar-refractivity contribution in [3.05, 3.63) is 46.3 Å². The van der Waals surface area contributed by atoms with E-state index >= 15 is 0 Å². The van der Waals surface area contributed by atoms with E-state index in [1.807, 2.05) is 18.2 Å². The van der Waals surface area contributed by atoms with Gasteiger partial charge in [-0.25, -0.2) is 13.2 Å². The number of rotatable bonds is 5. The molecule has 0 aliphatic carbocycles. The van der Waals surface area contributed by atoms with Gasteiger partial charge >= 0.3 is 6.03 Å². The third-order valence-electron chi connectivity index (χ3n) is 5.48. The average molecular weight is 479 g/mol. The monoisotopic (exact) mass is 478 g/mol. The summed E-state index contributed by atoms with van der Waals surface area (Å²) in [5.41, 5.74) is 2.86. The Morgan fingerprint density at radius 1 is 1.12 bits per heavy atom. The van der Waals surface area contributed by atoms with Crippen molar-refractivity contribution in [2.75, 3.05) is 38.2 Å². The Hall–Kier alpha value is -2.47. The highest BCUT2D eigenvalue weighted by Crippen LogP contribution is 2.27. The number of amides is 3. The first-order valence-corrected chi connectivity index (χ1v) is 12.7. The summed E-state index contributed by atoms with van der Waals surface area (Å²) < 4.78 is 32.5. The molecule has 2 N–H and O–H groups in total. The van der Waals surface area contributed by atoms with Gasteiger partial charge in [-0.15, -0.1) is 11.3 Å². The molecule has 0 unspecified atom stereocenters. The predicted octanol–water partition coefficient (Wildman–Crippen LogP) is 2.00. The van der Waals surface area contributed by atoms with E-state index in [4.69, 9.17) is 4.74 Å². The number of anilines is 1. The summed E-state index contributed by atoms with van der Waals surface area (Å²) in [6, 6.07) is 8.83. The van der Waals surface area contributed by atoms with Crippen molar-refractivity contribution in [3.63, 3.8) is 0 Å². The van der Waals surface area contributed by atoms with E-state index < -0.39 is 10.0 Å². The minimum atomic E-state index is -3.53. The fourth-order valence-corrected chi connectivity index (χ4v) is 6.73. The molecule has 3 amide bonds. The van der Waals surface area contributed by atoms with E-state index in [1.165, 1.54) is 22.6 Å². The third kappa shape index (κ3) is 4.96. The van der Waals surface area contributed by atoms with Gasteiger partial charge in [0.15, 0.2) is 0 Å². The highest BCUT2D eigenvalue weighted by molar-refractivity contribution is 7.91. The SMILES string of the molecule is CC(=O)Nc1cccc2c1CCN(C(=O)NCc1ccc(S(=O)(=O)N3CCOCC3)s1)C2. The number of carbonyl (C=O) groups is 2. The van der Waals surface area contributed by atoms with Crippen molar-refractivity contribution >= 4 is 39.0 Å². The van der Waals surface area contributed by atoms with Crippen LogP contribution in [0.4, 0.5) is 10.5 Å². The Morgan fingerprint density at radius 3 is 2.66 bits per heavy atom. The molecule has 1 aromatic heterocycles. The van der Waals surface area contributed by atoms with Crippen LogP contribution in [0.25, 0.3) is 0 Å². The quantitative estimate of drug-likeness (QED) is 0.683. The number of thiophene rings is 1. The molecule has 172 valence electrons. The Balaban J connectivity index is 1.36. The zero-order valence-electron chi connectivity index (χ0n) is 17.8. The molecule has 2 aromatic rings. The number of urea groups is 1. The molecule has 32 heavy (non-hydrogen) atoms. The number of ether oxygens (including phenoxy) is 1. The Bertz CT molecular complexity index is 1110. The maximum Gasteiger partial charge on any atom is 0.318 e. The summed E-state index contributed by atoms with van der Waals surface area (Å²) >= 11 is 1.17. The first-order valence-electron chi connectivity index (χ1n) is 10.4. The van der Waals surface area contributed by atoms with Gasteiger partial charge in [-0.2, -0.15) is 4.31 Å². The Labute approximate surface area is 191 Å². The van der Waals surface area contributed by atoms with Crippen LogP contribution in [0.3, 0.4) is 0 Å². The van der Waals surface area contributed by atoms with Crippen molar-refractivity contribution in [2.45, 2.75) is 30.6 Å². The number of morpholine rings is 1. The number of benzene rings is 1. The summed E-state index contributed by atoms with van der Waals surface area (Å²) in [5.74, 6) is -0.121. The maximum atomic E-state index is 12.8. The molecule has 3 heterocycles. The van der Waals surface area contributed by atoms with Gasteiger partial charge in [-0.05, 0) is 35.7 Å². The van der Waals surface area contributed by atoms with Crippen LogP contribution in [0.2, 0.25) is 0 Å². The number of nitrogens with zero attached hydrogens (tertiary/aromatic N) is 2. The lowest BCUT2D eigenvalue weighted by Crippen LogP contribution is -2.42. The van der Waals surface area contributed by atoms with E-state index in [1.54, 1.807) is 17.0 Å². The molecule has 1 aromatic carbocycles. The van der Waals surface area contributed by atoms with Crippen LogP contribution in [0.15, 0.2) is 34.5 Å². The van der Waals surface area contributed by atoms with E-state index in [-0.39, 0.29) is 22.7 Å². The second kappa shape index (κ2) is 9.57. The molecule has 1 fully saturated rings. The molecule has 9 nitrogen and oxygen atoms in total. The number of carbonyl (C=O) groups excluding carboxylic acids is 2. The zero-order valence-corrected chi connectivity index (χ0v) is 19.4. The van der Waals surface area contributed by atoms with Gasteiger partial charge in [0, 0.05) is 43.7 Å². The molecule has 1 saturated heterocycles. The molecule has 0 atom stereocenters. The van der Waals surface area contributed by atoms with E-state index in [2.05, 4.69) is 10.6 Å². The number of nitrogens with one attached hydrogen (secondary N) is 2. The van der Waals surface area contributed by atoms with Gasteiger partial charge < -0.3 is 20.3 Å². The average Bonchev–Trinajstić information content (AvgIpc) is 3.27. The van der Waals surface area contributed by atoms with Crippen LogP contribution in [0.5, 0.6) is 0 Å². The normalized spacial score (nSPS) is 17.0. The first kappa shape index (κ1) is 22.7. The Kier molecular flexibility index (Phi) is 6.79. The van der Waals surface area contributed by atoms with Gasteiger partial charge in [0.2, 0.25) is 5.91 Å². The lowest BCUT2D eigenvalue weighted by molar-refractivity contribution is -0.114. The number of fused-ring (bicyclic) bond motifs is 1. The second-order valence-corrected chi connectivity index (χ2v) is 11.0. The lowest BCUT2D eigenvalue weighted by Gasteiger charge is -2.30. The molecule has 0 bridgehead atoms. The molecular formula is C21H26N4O5S2. The summed E-state index contributed by atoms with van der Waals surface area (Å²) in [6.07, 6.45) is 0.653. The molecule has 2 aliphatic rings. The second-order valence-electron chi connectivity index (χ2n) is 7.69. The summed E-state index contributed by atoms with van der Waals surface area (Å²) in [5, 5.41) is 5.74. The van der Waals surface area contributed by atoms with E-state index in [9.17, 15) is 18.0 Å². The minimum absolute atomic E-state index is 0.121. The number of sulfonamides is 1. The van der Waals surface area contributed by atoms with E-state index in [0.29, 0.717) is 45.8 Å². The smallest absolute Gasteiger partial charge is 0.318 e. The van der Waals surface area contributed by atoms with Crippen molar-refractivity contribution in [3.8, 4) is 0 Å². The maximum absolute atomic E-state index is 12.8. The van der Waals surface area contributed by atoms with Crippen LogP contribution < -0.4 is 10.6 Å². The van der Waals surface area contributed by atoms with Gasteiger partial charge in [-0.3, -0.25) is 4.79 Å². The lowest BCUT2D eigenvalue weighted by atomic mass is 9.98. The van der Waals surface area contributed by atoms with Crippen molar-refractivity contribution in [2.24, 2.45) is 0 Å². The van der Waals surface area contributed by atoms with Gasteiger partial charge in [0.05, 0.1) is 19.8 Å². The van der Waals surface area contributed by atoms with Gasteiger partial charge in [0.1, 0.15) is 4.21 Å². The van der Waals surface area contributed by atoms with Gasteiger partial charge in [0.25, 0.3) is 10.0 Å². The standard InChI is InChI=1S/C21H26N4O5S2/c1-15(26)23-19-4-2-3-16-14-24(8-7-18(16)19)21(27)22-13-17-5-6-20(31-17)32(28,29)25-9-11-30-12-10-25/h2-6H,7-14H2,1H3,(H,22,27)(H,23,26). The predicted molar refractivity (Wildman–Crippen MR) is 121 cm³/mol. The third-order valence-corrected chi connectivity index (χ3v) is 8.93. The van der Waals surface area contributed by atoms with Crippen molar-refractivity contribution < 1.29 is 22.7 Å². The molecule has 0 saturated carbocycles. The summed E-state index contributed by atoms with van der Waals surface area (Å²) in [6.45, 7) is 4.24. The molecule has 2 aliphatic heterocycles. The Morgan fingerprint density at radius 2 is 1.91 bits per heavy atom. The van der Waals surface area contributed by atoms with Crippen LogP contribution >= 0.6 is 11.3 Å². The zero-order chi connectivity index (χ0) is 22.7. The summed E-state index contributed by atoms with van der Waals surface area (Å²) in [4.78, 5) is 26.6. The first-order chi connectivity index (χ1) is 15.3. The molecule has 11 heteroatoms. The fraction of sp³-hybridized carbons (Fsp3) is 0.429. The highest BCUT2D eigenvalue weighted by atomic mass is 32.2. The topological polar surface area (TPSA) is 108 Å². The number of hydrogen-bond acceptors (Lipinski definition) is 6. The molecule has 0 radical (unpaired) electrons. The van der Waals surface area contributed by atoms with Crippen molar-refractivity contribution in [1.82, 2.24) is 14.5 Å². The fourth-order valence-electron chi connectivity index (χ4n) is 3.87. The van der Waals surface area contributed by atoms with Crippen molar-refractivity contribution in [1.29, 1.82) is 0 Å². The molecule has 0 spiro atoms. The van der Waals surface area contributed by atoms with E-state index in [0.717, 1.165) is 21.7 Å². The van der Waals surface area contributed by atoms with Crippen LogP contribution in [-0.2, 0) is 39.1 Å². The molecular weight excluding hydrogens is 452 g/mol. The minimum Gasteiger partial charge on any atom is -0.379 e. The van der Waals surface area contributed by atoms with Crippen LogP contribution in [0.1, 0.15) is 22.9 Å². The van der Waals surface area contributed by atoms with Crippen LogP contribution in [0, 0.1) is 0 Å².